The molecule has 0 radical (unpaired) electrons. The second-order valence-corrected chi connectivity index (χ2v) is 17.2. The van der Waals surface area contributed by atoms with Gasteiger partial charge < -0.3 is 27.9 Å². The van der Waals surface area contributed by atoms with Crippen LogP contribution in [0.25, 0.3) is 0 Å². The van der Waals surface area contributed by atoms with Crippen LogP contribution in [-0.4, -0.2) is 70.0 Å². The maximum atomic E-state index is 12.6. The molecule has 0 amide bonds. The van der Waals surface area contributed by atoms with Gasteiger partial charge in [-0.25, -0.2) is 4.79 Å². The first-order valence-corrected chi connectivity index (χ1v) is 23.5. The fraction of sp³-hybridized carbons (Fsp3) is 0.739. The van der Waals surface area contributed by atoms with Crippen molar-refractivity contribution in [2.75, 3.05) is 47.5 Å². The van der Waals surface area contributed by atoms with Gasteiger partial charge in [0.25, 0.3) is 7.82 Å². The van der Waals surface area contributed by atoms with E-state index in [0.717, 1.165) is 51.4 Å². The predicted molar refractivity (Wildman–Crippen MR) is 231 cm³/mol. The quantitative estimate of drug-likeness (QED) is 0.0115. The molecule has 0 heterocycles. The zero-order chi connectivity index (χ0) is 41.4. The van der Waals surface area contributed by atoms with Crippen molar-refractivity contribution in [3.63, 3.8) is 0 Å². The summed E-state index contributed by atoms with van der Waals surface area (Å²) in [5.74, 6) is -1.12. The molecule has 0 saturated carbocycles. The highest BCUT2D eigenvalue weighted by molar-refractivity contribution is 7.45. The first kappa shape index (κ1) is 53.7. The van der Waals surface area contributed by atoms with Gasteiger partial charge in [0.05, 0.1) is 27.7 Å². The van der Waals surface area contributed by atoms with Gasteiger partial charge in [-0.3, -0.25) is 9.36 Å². The van der Waals surface area contributed by atoms with E-state index in [4.69, 9.17) is 18.5 Å². The number of quaternary nitrogens is 1. The summed E-state index contributed by atoms with van der Waals surface area (Å²) in [4.78, 5) is 37.4. The highest BCUT2D eigenvalue weighted by Crippen LogP contribution is 2.38. The van der Waals surface area contributed by atoms with Crippen LogP contribution in [0.5, 0.6) is 0 Å². The van der Waals surface area contributed by atoms with Crippen LogP contribution in [0.2, 0.25) is 0 Å². The number of hydrogen-bond donors (Lipinski definition) is 0. The number of phosphoric ester groups is 1. The summed E-state index contributed by atoms with van der Waals surface area (Å²) < 4.78 is 33.6. The Morgan fingerprint density at radius 1 is 0.607 bits per heavy atom. The van der Waals surface area contributed by atoms with Crippen LogP contribution in [0.1, 0.15) is 168 Å². The zero-order valence-corrected chi connectivity index (χ0v) is 37.2. The van der Waals surface area contributed by atoms with Gasteiger partial charge in [-0.1, -0.05) is 158 Å². The maximum Gasteiger partial charge on any atom is 0.331 e. The molecule has 0 fully saturated rings. The fourth-order valence-corrected chi connectivity index (χ4v) is 6.35. The third kappa shape index (κ3) is 41.3. The average molecular weight is 808 g/mol. The Kier molecular flexibility index (Phi) is 36.7. The minimum absolute atomic E-state index is 0.0526. The van der Waals surface area contributed by atoms with E-state index in [1.807, 2.05) is 27.2 Å². The summed E-state index contributed by atoms with van der Waals surface area (Å²) in [6.07, 6.45) is 45.9. The topological polar surface area (TPSA) is 111 Å². The van der Waals surface area contributed by atoms with Crippen molar-refractivity contribution in [1.29, 1.82) is 0 Å². The number of esters is 2. The Morgan fingerprint density at radius 2 is 1.09 bits per heavy atom. The van der Waals surface area contributed by atoms with E-state index in [2.05, 4.69) is 50.3 Å². The van der Waals surface area contributed by atoms with E-state index in [0.29, 0.717) is 17.4 Å². The number of carbonyl (C=O) groups is 2. The van der Waals surface area contributed by atoms with Crippen LogP contribution in [0.4, 0.5) is 0 Å². The van der Waals surface area contributed by atoms with Crippen molar-refractivity contribution in [2.45, 2.75) is 174 Å². The largest absolute Gasteiger partial charge is 0.756 e. The van der Waals surface area contributed by atoms with Crippen molar-refractivity contribution in [3.05, 3.63) is 60.8 Å². The number of ether oxygens (including phenoxy) is 2. The van der Waals surface area contributed by atoms with E-state index in [9.17, 15) is 19.0 Å². The molecule has 0 aromatic rings. The third-order valence-corrected chi connectivity index (χ3v) is 10.1. The Balaban J connectivity index is 4.51. The Morgan fingerprint density at radius 3 is 1.66 bits per heavy atom. The fourth-order valence-electron chi connectivity index (χ4n) is 5.63. The lowest BCUT2D eigenvalue weighted by Crippen LogP contribution is -2.37. The summed E-state index contributed by atoms with van der Waals surface area (Å²) >= 11 is 0. The molecule has 0 saturated heterocycles. The van der Waals surface area contributed by atoms with Crippen molar-refractivity contribution < 1.29 is 42.1 Å². The molecule has 0 aliphatic rings. The van der Waals surface area contributed by atoms with Crippen LogP contribution in [-0.2, 0) is 32.7 Å². The van der Waals surface area contributed by atoms with Gasteiger partial charge in [0.15, 0.2) is 6.10 Å². The lowest BCUT2D eigenvalue weighted by atomic mass is 10.1. The average Bonchev–Trinajstić information content (AvgIpc) is 3.15. The van der Waals surface area contributed by atoms with E-state index in [1.165, 1.54) is 96.0 Å². The van der Waals surface area contributed by atoms with Crippen LogP contribution in [0.15, 0.2) is 60.8 Å². The Bertz CT molecular complexity index is 1140. The molecule has 0 N–H and O–H groups in total. The predicted octanol–water partition coefficient (Wildman–Crippen LogP) is 11.8. The number of likely N-dealkylation sites (N-methyl/N-ethyl adjacent to an activating group) is 1. The van der Waals surface area contributed by atoms with Crippen LogP contribution >= 0.6 is 7.82 Å². The summed E-state index contributed by atoms with van der Waals surface area (Å²) in [5, 5.41) is 0. The van der Waals surface area contributed by atoms with E-state index in [1.54, 1.807) is 12.2 Å². The molecule has 324 valence electrons. The molecule has 10 heteroatoms. The van der Waals surface area contributed by atoms with Gasteiger partial charge in [-0.05, 0) is 57.8 Å². The number of hydrogen-bond acceptors (Lipinski definition) is 8. The molecule has 0 bridgehead atoms. The summed E-state index contributed by atoms with van der Waals surface area (Å²) in [5.41, 5.74) is 0. The lowest BCUT2D eigenvalue weighted by molar-refractivity contribution is -0.870. The molecule has 0 aromatic carbocycles. The molecule has 0 spiro atoms. The van der Waals surface area contributed by atoms with E-state index >= 15 is 0 Å². The molecule has 0 aromatic heterocycles. The van der Waals surface area contributed by atoms with Gasteiger partial charge >= 0.3 is 11.9 Å². The van der Waals surface area contributed by atoms with Crippen LogP contribution in [0, 0.1) is 0 Å². The van der Waals surface area contributed by atoms with E-state index in [-0.39, 0.29) is 19.6 Å². The number of carbonyl (C=O) groups excluding carboxylic acids is 2. The Hall–Kier alpha value is -2.29. The number of unbranched alkanes of at least 4 members (excludes halogenated alkanes) is 18. The molecule has 56 heavy (non-hydrogen) atoms. The molecule has 1 unspecified atom stereocenters. The minimum atomic E-state index is -4.66. The molecule has 9 nitrogen and oxygen atoms in total. The SMILES string of the molecule is CCCCC/C=C/C/C=C/C/C=C/CCCCCCC(=O)OC[C@H](COP(=O)([O-])OCC[N+](C)(C)C)OC(=O)/C=C/C=C/CCCCCCCCCCCCC. The van der Waals surface area contributed by atoms with Gasteiger partial charge in [0, 0.05) is 12.5 Å². The normalized spacial score (nSPS) is 14.2. The first-order valence-electron chi connectivity index (χ1n) is 22.0. The molecule has 0 aliphatic heterocycles. The summed E-state index contributed by atoms with van der Waals surface area (Å²) in [7, 11) is 1.09. The minimum Gasteiger partial charge on any atom is -0.756 e. The lowest BCUT2D eigenvalue weighted by Gasteiger charge is -2.28. The van der Waals surface area contributed by atoms with Gasteiger partial charge in [-0.15, -0.1) is 0 Å². The number of allylic oxidation sites excluding steroid dienone is 9. The highest BCUT2D eigenvalue weighted by atomic mass is 31.2. The second-order valence-electron chi connectivity index (χ2n) is 15.8. The van der Waals surface area contributed by atoms with Crippen molar-refractivity contribution in [3.8, 4) is 0 Å². The third-order valence-electron chi connectivity index (χ3n) is 9.12. The van der Waals surface area contributed by atoms with Gasteiger partial charge in [0.1, 0.15) is 19.8 Å². The molecule has 0 aliphatic carbocycles. The molecular formula is C46H82NO8P. The van der Waals surface area contributed by atoms with E-state index < -0.39 is 32.5 Å². The highest BCUT2D eigenvalue weighted by Gasteiger charge is 2.21. The maximum absolute atomic E-state index is 12.6. The van der Waals surface area contributed by atoms with Crippen molar-refractivity contribution >= 4 is 19.8 Å². The van der Waals surface area contributed by atoms with Gasteiger partial charge in [0.2, 0.25) is 0 Å². The summed E-state index contributed by atoms with van der Waals surface area (Å²) in [6.45, 7) is 4.03. The monoisotopic (exact) mass is 808 g/mol. The number of rotatable bonds is 39. The molecule has 2 atom stereocenters. The number of phosphoric acid groups is 1. The standard InChI is InChI=1S/C46H82NO8P/c1-6-8-10-12-14-16-18-20-22-23-25-26-28-30-32-34-36-38-45(48)52-42-44(43-54-56(50,51)53-41-40-47(3,4)5)55-46(49)39-37-35-33-31-29-27-24-21-19-17-15-13-11-9-7-2/h14,16,20,22,25-26,33,35,37,39,44H,6-13,15,17-19,21,23-24,27-32,34,36,38,40-43H2,1-5H3/b16-14+,22-20+,26-25+,35-33+,39-37+/t44-/m1/s1. The number of nitrogens with zero attached hydrogens (tertiary/aromatic N) is 1. The molecular weight excluding hydrogens is 725 g/mol. The second kappa shape index (κ2) is 38.2. The smallest absolute Gasteiger partial charge is 0.331 e. The molecule has 0 rings (SSSR count). The van der Waals surface area contributed by atoms with Crippen molar-refractivity contribution in [2.24, 2.45) is 0 Å². The Labute approximate surface area is 343 Å². The zero-order valence-electron chi connectivity index (χ0n) is 36.3. The van der Waals surface area contributed by atoms with Gasteiger partial charge in [-0.2, -0.15) is 0 Å². The van der Waals surface area contributed by atoms with Crippen LogP contribution in [0.3, 0.4) is 0 Å². The van der Waals surface area contributed by atoms with Crippen LogP contribution < -0.4 is 4.89 Å². The summed E-state index contributed by atoms with van der Waals surface area (Å²) in [6, 6.07) is 0. The first-order chi connectivity index (χ1) is 27.0. The van der Waals surface area contributed by atoms with Crippen molar-refractivity contribution in [1.82, 2.24) is 0 Å².